The molecule has 4 heterocycles. The quantitative estimate of drug-likeness (QED) is 0.769. The van der Waals surface area contributed by atoms with Crippen molar-refractivity contribution in [2.45, 2.75) is 36.9 Å². The molecule has 3 fully saturated rings. The van der Waals surface area contributed by atoms with Gasteiger partial charge in [-0.25, -0.2) is 8.42 Å². The molecule has 0 radical (unpaired) electrons. The van der Waals surface area contributed by atoms with E-state index in [4.69, 9.17) is 4.74 Å². The smallest absolute Gasteiger partial charge is 0.381 e. The van der Waals surface area contributed by atoms with Crippen molar-refractivity contribution < 1.29 is 26.3 Å². The van der Waals surface area contributed by atoms with Crippen LogP contribution in [-0.4, -0.2) is 68.0 Å². The number of sulfonamides is 1. The molecule has 3 aliphatic rings. The summed E-state index contributed by atoms with van der Waals surface area (Å²) >= 11 is 0. The molecule has 150 valence electrons. The van der Waals surface area contributed by atoms with Gasteiger partial charge in [0.15, 0.2) is 0 Å². The summed E-state index contributed by atoms with van der Waals surface area (Å²) in [4.78, 5) is 5.55. The van der Waals surface area contributed by atoms with Crippen LogP contribution in [0.1, 0.15) is 24.1 Å². The van der Waals surface area contributed by atoms with Gasteiger partial charge in [-0.05, 0) is 31.4 Å². The van der Waals surface area contributed by atoms with Crippen LogP contribution in [0.25, 0.3) is 0 Å². The lowest BCUT2D eigenvalue weighted by atomic mass is 9.73. The Kier molecular flexibility index (Phi) is 4.53. The standard InChI is InChI=1S/C17H22F3N3O3S/c1-12-6-15(17(18,19)20)21-7-14(12)27(24,25)23-10-16(11-23)8-22(9-16)13-2-4-26-5-3-13/h6-7,13H,2-5,8-11H2,1H3. The van der Waals surface area contributed by atoms with Crippen molar-refractivity contribution in [3.8, 4) is 0 Å². The number of aryl methyl sites for hydroxylation is 1. The summed E-state index contributed by atoms with van der Waals surface area (Å²) < 4.78 is 70.5. The average molecular weight is 405 g/mol. The summed E-state index contributed by atoms with van der Waals surface area (Å²) in [6, 6.07) is 1.30. The molecule has 0 unspecified atom stereocenters. The van der Waals surface area contributed by atoms with Gasteiger partial charge in [0.05, 0.1) is 0 Å². The van der Waals surface area contributed by atoms with Gasteiger partial charge in [-0.1, -0.05) is 0 Å². The van der Waals surface area contributed by atoms with Gasteiger partial charge in [0.25, 0.3) is 0 Å². The Morgan fingerprint density at radius 1 is 1.19 bits per heavy atom. The van der Waals surface area contributed by atoms with Crippen molar-refractivity contribution in [3.05, 3.63) is 23.5 Å². The summed E-state index contributed by atoms with van der Waals surface area (Å²) in [5.74, 6) is 0. The first-order chi connectivity index (χ1) is 12.6. The van der Waals surface area contributed by atoms with Crippen LogP contribution in [0.2, 0.25) is 0 Å². The number of halogens is 3. The van der Waals surface area contributed by atoms with Gasteiger partial charge in [0.1, 0.15) is 10.6 Å². The van der Waals surface area contributed by atoms with E-state index in [2.05, 4.69) is 9.88 Å². The molecule has 1 spiro atoms. The summed E-state index contributed by atoms with van der Waals surface area (Å²) in [7, 11) is -3.82. The zero-order chi connectivity index (χ0) is 19.4. The predicted octanol–water partition coefficient (Wildman–Crippen LogP) is 1.89. The SMILES string of the molecule is Cc1cc(C(F)(F)F)ncc1S(=O)(=O)N1CC2(CN(C3CCOCC3)C2)C1. The highest BCUT2D eigenvalue weighted by Gasteiger charge is 2.56. The van der Waals surface area contributed by atoms with E-state index in [-0.39, 0.29) is 15.9 Å². The Morgan fingerprint density at radius 3 is 2.37 bits per heavy atom. The third-order valence-electron chi connectivity index (χ3n) is 5.78. The maximum atomic E-state index is 12.8. The third-order valence-corrected chi connectivity index (χ3v) is 7.70. The molecule has 3 aliphatic heterocycles. The fourth-order valence-corrected chi connectivity index (χ4v) is 6.12. The maximum absolute atomic E-state index is 12.8. The molecule has 0 saturated carbocycles. The summed E-state index contributed by atoms with van der Waals surface area (Å²) in [5.41, 5.74) is -1.03. The number of nitrogens with zero attached hydrogens (tertiary/aromatic N) is 3. The second kappa shape index (κ2) is 6.40. The second-order valence-corrected chi connectivity index (χ2v) is 9.76. The Balaban J connectivity index is 1.40. The van der Waals surface area contributed by atoms with E-state index in [1.54, 1.807) is 0 Å². The summed E-state index contributed by atoms with van der Waals surface area (Å²) in [5, 5.41) is 0. The normalized spacial score (nSPS) is 24.6. The lowest BCUT2D eigenvalue weighted by Crippen LogP contribution is -2.74. The first-order valence-corrected chi connectivity index (χ1v) is 10.4. The van der Waals surface area contributed by atoms with Crippen molar-refractivity contribution in [2.24, 2.45) is 5.41 Å². The highest BCUT2D eigenvalue weighted by atomic mass is 32.2. The first-order valence-electron chi connectivity index (χ1n) is 8.97. The number of hydrogen-bond donors (Lipinski definition) is 0. The van der Waals surface area contributed by atoms with Gasteiger partial charge in [-0.3, -0.25) is 9.88 Å². The molecule has 0 atom stereocenters. The Hall–Kier alpha value is -1.23. The number of rotatable bonds is 3. The lowest BCUT2D eigenvalue weighted by Gasteiger charge is -2.61. The zero-order valence-corrected chi connectivity index (χ0v) is 15.8. The van der Waals surface area contributed by atoms with Crippen molar-refractivity contribution in [3.63, 3.8) is 0 Å². The van der Waals surface area contributed by atoms with Crippen LogP contribution in [0.3, 0.4) is 0 Å². The highest BCUT2D eigenvalue weighted by molar-refractivity contribution is 7.89. The van der Waals surface area contributed by atoms with Crippen LogP contribution in [0.4, 0.5) is 13.2 Å². The fraction of sp³-hybridized carbons (Fsp3) is 0.706. The number of alkyl halides is 3. The highest BCUT2D eigenvalue weighted by Crippen LogP contribution is 2.44. The molecule has 27 heavy (non-hydrogen) atoms. The van der Waals surface area contributed by atoms with Crippen molar-refractivity contribution in [1.29, 1.82) is 0 Å². The minimum absolute atomic E-state index is 0.0153. The van der Waals surface area contributed by atoms with Crippen LogP contribution in [-0.2, 0) is 20.9 Å². The molecule has 0 aliphatic carbocycles. The van der Waals surface area contributed by atoms with Gasteiger partial charge in [-0.15, -0.1) is 0 Å². The van der Waals surface area contributed by atoms with Gasteiger partial charge in [-0.2, -0.15) is 17.5 Å². The molecule has 10 heteroatoms. The summed E-state index contributed by atoms with van der Waals surface area (Å²) in [6.07, 6.45) is -1.75. The molecule has 0 N–H and O–H groups in total. The molecule has 4 rings (SSSR count). The van der Waals surface area contributed by atoms with E-state index >= 15 is 0 Å². The van der Waals surface area contributed by atoms with E-state index in [1.807, 2.05) is 0 Å². The first kappa shape index (κ1) is 19.1. The molecule has 3 saturated heterocycles. The predicted molar refractivity (Wildman–Crippen MR) is 90.6 cm³/mol. The van der Waals surface area contributed by atoms with Crippen molar-refractivity contribution >= 4 is 10.0 Å². The number of ether oxygens (including phenoxy) is 1. The fourth-order valence-electron chi connectivity index (χ4n) is 4.30. The number of pyridine rings is 1. The molecule has 1 aromatic heterocycles. The largest absolute Gasteiger partial charge is 0.433 e. The molecule has 0 amide bonds. The van der Waals surface area contributed by atoms with E-state index in [0.717, 1.165) is 51.4 Å². The average Bonchev–Trinajstić information content (AvgIpc) is 2.52. The van der Waals surface area contributed by atoms with Gasteiger partial charge in [0, 0.05) is 57.0 Å². The number of likely N-dealkylation sites (tertiary alicyclic amines) is 1. The molecule has 0 aromatic carbocycles. The minimum Gasteiger partial charge on any atom is -0.381 e. The monoisotopic (exact) mass is 405 g/mol. The molecule has 0 bridgehead atoms. The van der Waals surface area contributed by atoms with Gasteiger partial charge in [0.2, 0.25) is 10.0 Å². The van der Waals surface area contributed by atoms with E-state index in [9.17, 15) is 21.6 Å². The topological polar surface area (TPSA) is 62.7 Å². The van der Waals surface area contributed by atoms with Crippen LogP contribution in [0.15, 0.2) is 17.2 Å². The minimum atomic E-state index is -4.59. The Morgan fingerprint density at radius 2 is 1.81 bits per heavy atom. The van der Waals surface area contributed by atoms with E-state index in [1.165, 1.54) is 11.2 Å². The van der Waals surface area contributed by atoms with E-state index < -0.39 is 21.9 Å². The molecular formula is C17H22F3N3O3S. The molecule has 1 aromatic rings. The Bertz CT molecular complexity index is 824. The van der Waals surface area contributed by atoms with Gasteiger partial charge < -0.3 is 4.74 Å². The third kappa shape index (κ3) is 3.37. The zero-order valence-electron chi connectivity index (χ0n) is 15.0. The van der Waals surface area contributed by atoms with Crippen molar-refractivity contribution in [2.75, 3.05) is 39.4 Å². The lowest BCUT2D eigenvalue weighted by molar-refractivity contribution is -0.141. The summed E-state index contributed by atoms with van der Waals surface area (Å²) in [6.45, 7) is 5.48. The van der Waals surface area contributed by atoms with Crippen LogP contribution in [0.5, 0.6) is 0 Å². The number of hydrogen-bond acceptors (Lipinski definition) is 5. The molecular weight excluding hydrogens is 383 g/mol. The maximum Gasteiger partial charge on any atom is 0.433 e. The number of aromatic nitrogens is 1. The van der Waals surface area contributed by atoms with Crippen LogP contribution >= 0.6 is 0 Å². The van der Waals surface area contributed by atoms with Crippen LogP contribution in [0, 0.1) is 12.3 Å². The van der Waals surface area contributed by atoms with Crippen LogP contribution < -0.4 is 0 Å². The van der Waals surface area contributed by atoms with Crippen molar-refractivity contribution in [1.82, 2.24) is 14.2 Å². The van der Waals surface area contributed by atoms with E-state index in [0.29, 0.717) is 19.1 Å². The molecule has 6 nitrogen and oxygen atoms in total. The van der Waals surface area contributed by atoms with Gasteiger partial charge >= 0.3 is 6.18 Å². The Labute approximate surface area is 156 Å². The second-order valence-electron chi connectivity index (χ2n) is 7.85.